The number of anilines is 2. The van der Waals surface area contributed by atoms with E-state index in [0.717, 1.165) is 17.1 Å². The molecule has 0 spiro atoms. The lowest BCUT2D eigenvalue weighted by Crippen LogP contribution is -2.49. The Morgan fingerprint density at radius 1 is 0.897 bits per heavy atom. The highest BCUT2D eigenvalue weighted by molar-refractivity contribution is 6.30. The van der Waals surface area contributed by atoms with Crippen LogP contribution >= 0.6 is 11.6 Å². The van der Waals surface area contributed by atoms with Gasteiger partial charge < -0.3 is 25.0 Å². The van der Waals surface area contributed by atoms with Crippen LogP contribution in [0, 0.1) is 0 Å². The monoisotopic (exact) mass is 543 g/mol. The highest BCUT2D eigenvalue weighted by atomic mass is 35.5. The minimum absolute atomic E-state index is 0.0265. The number of rotatable bonds is 8. The summed E-state index contributed by atoms with van der Waals surface area (Å²) in [5.41, 5.74) is 2.54. The molecule has 0 radical (unpaired) electrons. The fourth-order valence-electron chi connectivity index (χ4n) is 4.45. The fraction of sp³-hybridized carbons (Fsp3) is 0.241. The maximum absolute atomic E-state index is 13.2. The molecule has 0 atom stereocenters. The predicted octanol–water partition coefficient (Wildman–Crippen LogP) is 4.10. The van der Waals surface area contributed by atoms with Crippen LogP contribution in [0.3, 0.4) is 0 Å². The van der Waals surface area contributed by atoms with Crippen molar-refractivity contribution >= 4 is 35.1 Å². The average Bonchev–Trinajstić information content (AvgIpc) is 3.51. The molecule has 2 aromatic carbocycles. The van der Waals surface area contributed by atoms with Gasteiger partial charge in [0.2, 0.25) is 5.91 Å². The van der Waals surface area contributed by atoms with E-state index in [4.69, 9.17) is 16.6 Å². The molecule has 2 aromatic heterocycles. The van der Waals surface area contributed by atoms with Crippen LogP contribution in [0.25, 0.3) is 17.1 Å². The first-order chi connectivity index (χ1) is 19.0. The summed E-state index contributed by atoms with van der Waals surface area (Å²) in [5, 5.41) is 6.70. The Labute approximate surface area is 232 Å². The number of carbonyl (C=O) groups is 2. The molecule has 4 aromatic rings. The van der Waals surface area contributed by atoms with Gasteiger partial charge in [0.15, 0.2) is 5.82 Å². The lowest BCUT2D eigenvalue weighted by atomic mass is 10.1. The summed E-state index contributed by atoms with van der Waals surface area (Å²) < 4.78 is 2.01. The third kappa shape index (κ3) is 6.56. The van der Waals surface area contributed by atoms with E-state index >= 15 is 0 Å². The molecular weight excluding hydrogens is 514 g/mol. The number of aromatic nitrogens is 3. The van der Waals surface area contributed by atoms with Crippen molar-refractivity contribution in [3.63, 3.8) is 0 Å². The van der Waals surface area contributed by atoms with Crippen LogP contribution in [0.1, 0.15) is 17.3 Å². The van der Waals surface area contributed by atoms with Crippen molar-refractivity contribution in [1.29, 1.82) is 0 Å². The van der Waals surface area contributed by atoms with Crippen molar-refractivity contribution in [3.05, 3.63) is 89.7 Å². The van der Waals surface area contributed by atoms with Crippen LogP contribution in [-0.4, -0.2) is 70.5 Å². The summed E-state index contributed by atoms with van der Waals surface area (Å²) >= 11 is 6.08. The Morgan fingerprint density at radius 3 is 2.26 bits per heavy atom. The van der Waals surface area contributed by atoms with E-state index in [9.17, 15) is 9.59 Å². The van der Waals surface area contributed by atoms with Crippen molar-refractivity contribution in [1.82, 2.24) is 24.8 Å². The number of nitrogens with one attached hydrogen (secondary N) is 2. The number of amides is 2. The molecular formula is C29H30ClN7O2. The van der Waals surface area contributed by atoms with Crippen LogP contribution < -0.4 is 15.5 Å². The Morgan fingerprint density at radius 2 is 1.59 bits per heavy atom. The standard InChI is InChI=1S/C29H30ClN7O2/c1-21(38)31-12-13-32-26-20-27(34-28(33-26)22-4-8-24(30)9-5-22)36-16-18-37(19-17-36)29(39)23-6-10-25(11-7-23)35-14-2-3-15-35/h2-11,14-15,20H,12-13,16-19H2,1H3,(H,31,38)(H,32,33,34). The van der Waals surface area contributed by atoms with Gasteiger partial charge in [0.1, 0.15) is 11.6 Å². The van der Waals surface area contributed by atoms with Crippen LogP contribution in [0.15, 0.2) is 79.1 Å². The summed E-state index contributed by atoms with van der Waals surface area (Å²) in [6.07, 6.45) is 3.96. The van der Waals surface area contributed by atoms with Crippen molar-refractivity contribution in [2.75, 3.05) is 49.5 Å². The summed E-state index contributed by atoms with van der Waals surface area (Å²) in [7, 11) is 0. The van der Waals surface area contributed by atoms with Crippen molar-refractivity contribution in [2.45, 2.75) is 6.92 Å². The van der Waals surface area contributed by atoms with Crippen LogP contribution in [0.2, 0.25) is 5.02 Å². The second kappa shape index (κ2) is 12.0. The second-order valence-corrected chi connectivity index (χ2v) is 9.70. The quantitative estimate of drug-likeness (QED) is 0.325. The number of benzene rings is 2. The largest absolute Gasteiger partial charge is 0.368 e. The normalized spacial score (nSPS) is 13.3. The van der Waals surface area contributed by atoms with E-state index in [2.05, 4.69) is 20.5 Å². The summed E-state index contributed by atoms with van der Waals surface area (Å²) in [6, 6.07) is 20.9. The van der Waals surface area contributed by atoms with Gasteiger partial charge in [-0.2, -0.15) is 0 Å². The van der Waals surface area contributed by atoms with E-state index in [1.807, 2.05) is 88.6 Å². The van der Waals surface area contributed by atoms with Gasteiger partial charge in [0, 0.05) is 86.5 Å². The van der Waals surface area contributed by atoms with Crippen LogP contribution in [0.4, 0.5) is 11.6 Å². The number of hydrogen-bond donors (Lipinski definition) is 2. The first-order valence-electron chi connectivity index (χ1n) is 12.9. The number of halogens is 1. The van der Waals surface area contributed by atoms with E-state index in [0.29, 0.717) is 61.5 Å². The minimum Gasteiger partial charge on any atom is -0.368 e. The molecule has 0 aliphatic carbocycles. The topological polar surface area (TPSA) is 95.4 Å². The van der Waals surface area contributed by atoms with E-state index in [1.165, 1.54) is 6.92 Å². The molecule has 2 N–H and O–H groups in total. The molecule has 0 saturated carbocycles. The molecule has 10 heteroatoms. The van der Waals surface area contributed by atoms with Crippen molar-refractivity contribution in [3.8, 4) is 17.1 Å². The maximum Gasteiger partial charge on any atom is 0.253 e. The Balaban J connectivity index is 1.27. The highest BCUT2D eigenvalue weighted by Gasteiger charge is 2.24. The first-order valence-corrected chi connectivity index (χ1v) is 13.2. The maximum atomic E-state index is 13.2. The van der Waals surface area contributed by atoms with Gasteiger partial charge in [-0.05, 0) is 60.7 Å². The lowest BCUT2D eigenvalue weighted by Gasteiger charge is -2.35. The first kappa shape index (κ1) is 26.2. The summed E-state index contributed by atoms with van der Waals surface area (Å²) in [6.45, 7) is 4.98. The van der Waals surface area contributed by atoms with Crippen LogP contribution in [0.5, 0.6) is 0 Å². The van der Waals surface area contributed by atoms with Gasteiger partial charge >= 0.3 is 0 Å². The molecule has 1 aliphatic rings. The summed E-state index contributed by atoms with van der Waals surface area (Å²) in [5.74, 6) is 1.97. The number of piperazine rings is 1. The zero-order chi connectivity index (χ0) is 27.2. The minimum atomic E-state index is -0.0775. The summed E-state index contributed by atoms with van der Waals surface area (Å²) in [4.78, 5) is 37.9. The van der Waals surface area contributed by atoms with Crippen LogP contribution in [-0.2, 0) is 4.79 Å². The predicted molar refractivity (Wildman–Crippen MR) is 154 cm³/mol. The van der Waals surface area contributed by atoms with Gasteiger partial charge in [-0.25, -0.2) is 9.97 Å². The zero-order valence-electron chi connectivity index (χ0n) is 21.7. The third-order valence-corrected chi connectivity index (χ3v) is 6.78. The molecule has 200 valence electrons. The molecule has 0 bridgehead atoms. The Hall–Kier alpha value is -4.37. The molecule has 9 nitrogen and oxygen atoms in total. The van der Waals surface area contributed by atoms with Gasteiger partial charge in [-0.15, -0.1) is 0 Å². The number of nitrogens with zero attached hydrogens (tertiary/aromatic N) is 5. The van der Waals surface area contributed by atoms with Gasteiger partial charge in [0.05, 0.1) is 0 Å². The Bertz CT molecular complexity index is 1420. The van der Waals surface area contributed by atoms with Crippen molar-refractivity contribution < 1.29 is 9.59 Å². The molecule has 5 rings (SSSR count). The molecule has 39 heavy (non-hydrogen) atoms. The molecule has 2 amide bonds. The van der Waals surface area contributed by atoms with E-state index in [1.54, 1.807) is 0 Å². The molecule has 1 aliphatic heterocycles. The number of hydrogen-bond acceptors (Lipinski definition) is 6. The fourth-order valence-corrected chi connectivity index (χ4v) is 4.57. The van der Waals surface area contributed by atoms with Gasteiger partial charge in [0.25, 0.3) is 5.91 Å². The molecule has 3 heterocycles. The Kier molecular flexibility index (Phi) is 8.07. The van der Waals surface area contributed by atoms with Gasteiger partial charge in [-0.1, -0.05) is 11.6 Å². The van der Waals surface area contributed by atoms with E-state index in [-0.39, 0.29) is 11.8 Å². The lowest BCUT2D eigenvalue weighted by molar-refractivity contribution is -0.118. The SMILES string of the molecule is CC(=O)NCCNc1cc(N2CCN(C(=O)c3ccc(-n4cccc4)cc3)CC2)nc(-c2ccc(Cl)cc2)n1. The third-order valence-electron chi connectivity index (χ3n) is 6.53. The molecule has 0 unspecified atom stereocenters. The van der Waals surface area contributed by atoms with Crippen molar-refractivity contribution in [2.24, 2.45) is 0 Å². The zero-order valence-corrected chi connectivity index (χ0v) is 22.4. The molecule has 1 fully saturated rings. The van der Waals surface area contributed by atoms with E-state index < -0.39 is 0 Å². The molecule has 1 saturated heterocycles. The number of carbonyl (C=O) groups excluding carboxylic acids is 2. The smallest absolute Gasteiger partial charge is 0.253 e. The van der Waals surface area contributed by atoms with Gasteiger partial charge in [-0.3, -0.25) is 9.59 Å². The average molecular weight is 544 g/mol. The highest BCUT2D eigenvalue weighted by Crippen LogP contribution is 2.25. The second-order valence-electron chi connectivity index (χ2n) is 9.27.